The van der Waals surface area contributed by atoms with Gasteiger partial charge in [0.1, 0.15) is 0 Å². The lowest BCUT2D eigenvalue weighted by atomic mass is 10.4. The van der Waals surface area contributed by atoms with Crippen LogP contribution in [0.4, 0.5) is 0 Å². The number of hydrogen-bond acceptors (Lipinski definition) is 3. The average molecular weight is 244 g/mol. The summed E-state index contributed by atoms with van der Waals surface area (Å²) >= 11 is 0. The van der Waals surface area contributed by atoms with Gasteiger partial charge in [-0.1, -0.05) is 6.92 Å². The zero-order chi connectivity index (χ0) is 12.9. The van der Waals surface area contributed by atoms with Crippen molar-refractivity contribution in [2.75, 3.05) is 53.5 Å². The molecule has 5 heteroatoms. The molecule has 0 saturated carbocycles. The minimum atomic E-state index is 0.765. The van der Waals surface area contributed by atoms with Crippen LogP contribution in [0.3, 0.4) is 0 Å². The average Bonchev–Trinajstić information content (AvgIpc) is 2.34. The van der Waals surface area contributed by atoms with Crippen LogP contribution in [0.1, 0.15) is 20.3 Å². The highest BCUT2D eigenvalue weighted by molar-refractivity contribution is 5.79. The Morgan fingerprint density at radius 2 is 2.06 bits per heavy atom. The van der Waals surface area contributed by atoms with Gasteiger partial charge in [0.25, 0.3) is 0 Å². The van der Waals surface area contributed by atoms with Gasteiger partial charge in [-0.2, -0.15) is 0 Å². The second-order valence-corrected chi connectivity index (χ2v) is 3.93. The van der Waals surface area contributed by atoms with E-state index in [1.54, 1.807) is 7.11 Å². The Labute approximate surface area is 106 Å². The van der Waals surface area contributed by atoms with Crippen LogP contribution in [0.15, 0.2) is 4.99 Å². The van der Waals surface area contributed by atoms with Gasteiger partial charge in [0.05, 0.1) is 0 Å². The van der Waals surface area contributed by atoms with Crippen molar-refractivity contribution < 1.29 is 4.74 Å². The fourth-order valence-corrected chi connectivity index (χ4v) is 1.26. The number of nitrogens with zero attached hydrogens (tertiary/aromatic N) is 2. The first kappa shape index (κ1) is 16.2. The molecule has 0 amide bonds. The van der Waals surface area contributed by atoms with Crippen molar-refractivity contribution >= 4 is 5.96 Å². The van der Waals surface area contributed by atoms with E-state index < -0.39 is 0 Å². The summed E-state index contributed by atoms with van der Waals surface area (Å²) in [5.41, 5.74) is 0. The van der Waals surface area contributed by atoms with Crippen molar-refractivity contribution in [3.05, 3.63) is 0 Å². The molecule has 17 heavy (non-hydrogen) atoms. The molecule has 0 aromatic carbocycles. The van der Waals surface area contributed by atoms with Crippen molar-refractivity contribution in [1.29, 1.82) is 0 Å². The van der Waals surface area contributed by atoms with Gasteiger partial charge in [-0.15, -0.1) is 0 Å². The molecule has 0 aromatic heterocycles. The zero-order valence-electron chi connectivity index (χ0n) is 11.8. The van der Waals surface area contributed by atoms with Gasteiger partial charge >= 0.3 is 0 Å². The Morgan fingerprint density at radius 3 is 2.65 bits per heavy atom. The molecule has 0 radical (unpaired) electrons. The Morgan fingerprint density at radius 1 is 1.29 bits per heavy atom. The second kappa shape index (κ2) is 11.7. The maximum Gasteiger partial charge on any atom is 0.191 e. The molecule has 0 heterocycles. The molecular weight excluding hydrogens is 216 g/mol. The predicted octanol–water partition coefficient (Wildman–Crippen LogP) is 0.530. The quantitative estimate of drug-likeness (QED) is 0.353. The summed E-state index contributed by atoms with van der Waals surface area (Å²) in [6, 6.07) is 0. The molecule has 102 valence electrons. The summed E-state index contributed by atoms with van der Waals surface area (Å²) in [6.07, 6.45) is 0.960. The van der Waals surface area contributed by atoms with Crippen molar-refractivity contribution in [1.82, 2.24) is 15.5 Å². The third-order valence-corrected chi connectivity index (χ3v) is 2.45. The Kier molecular flexibility index (Phi) is 11.1. The molecule has 0 bridgehead atoms. The van der Waals surface area contributed by atoms with Gasteiger partial charge in [0.2, 0.25) is 0 Å². The minimum absolute atomic E-state index is 0.765. The highest BCUT2D eigenvalue weighted by Crippen LogP contribution is 1.83. The van der Waals surface area contributed by atoms with E-state index in [0.717, 1.165) is 51.7 Å². The largest absolute Gasteiger partial charge is 0.385 e. The van der Waals surface area contributed by atoms with Gasteiger partial charge in [-0.05, 0) is 26.9 Å². The van der Waals surface area contributed by atoms with E-state index >= 15 is 0 Å². The third kappa shape index (κ3) is 10.1. The number of guanidine groups is 1. The van der Waals surface area contributed by atoms with Gasteiger partial charge in [0, 0.05) is 39.9 Å². The smallest absolute Gasteiger partial charge is 0.191 e. The summed E-state index contributed by atoms with van der Waals surface area (Å²) in [4.78, 5) is 6.73. The van der Waals surface area contributed by atoms with Gasteiger partial charge < -0.3 is 20.3 Å². The lowest BCUT2D eigenvalue weighted by Crippen LogP contribution is -2.41. The Bertz CT molecular complexity index is 197. The molecule has 0 atom stereocenters. The SMILES string of the molecule is CCNC(=NCCCOC)NCCN(C)CC. The summed E-state index contributed by atoms with van der Waals surface area (Å²) < 4.78 is 4.99. The van der Waals surface area contributed by atoms with E-state index in [2.05, 4.69) is 41.4 Å². The topological polar surface area (TPSA) is 48.9 Å². The number of hydrogen-bond donors (Lipinski definition) is 2. The van der Waals surface area contributed by atoms with E-state index in [9.17, 15) is 0 Å². The van der Waals surface area contributed by atoms with Crippen LogP contribution >= 0.6 is 0 Å². The first-order valence-corrected chi connectivity index (χ1v) is 6.44. The summed E-state index contributed by atoms with van der Waals surface area (Å²) in [5, 5.41) is 6.55. The van der Waals surface area contributed by atoms with E-state index in [-0.39, 0.29) is 0 Å². The van der Waals surface area contributed by atoms with Crippen molar-refractivity contribution in [2.45, 2.75) is 20.3 Å². The molecule has 0 saturated heterocycles. The first-order chi connectivity index (χ1) is 8.24. The maximum atomic E-state index is 4.99. The van der Waals surface area contributed by atoms with Crippen LogP contribution in [0.5, 0.6) is 0 Å². The van der Waals surface area contributed by atoms with Crippen molar-refractivity contribution in [3.8, 4) is 0 Å². The second-order valence-electron chi connectivity index (χ2n) is 3.93. The zero-order valence-corrected chi connectivity index (χ0v) is 11.8. The first-order valence-electron chi connectivity index (χ1n) is 6.44. The summed E-state index contributed by atoms with van der Waals surface area (Å²) in [7, 11) is 3.83. The van der Waals surface area contributed by atoms with Crippen LogP contribution in [-0.4, -0.2) is 64.3 Å². The molecule has 0 aliphatic heterocycles. The van der Waals surface area contributed by atoms with E-state index in [4.69, 9.17) is 4.74 Å². The van der Waals surface area contributed by atoms with Crippen molar-refractivity contribution in [2.24, 2.45) is 4.99 Å². The molecule has 0 spiro atoms. The summed E-state index contributed by atoms with van der Waals surface area (Å²) in [6.45, 7) is 9.70. The molecule has 0 fully saturated rings. The highest BCUT2D eigenvalue weighted by atomic mass is 16.5. The Hall–Kier alpha value is -0.810. The summed E-state index contributed by atoms with van der Waals surface area (Å²) in [5.74, 6) is 0.896. The van der Waals surface area contributed by atoms with Crippen LogP contribution in [0.25, 0.3) is 0 Å². The Balaban J connectivity index is 3.80. The third-order valence-electron chi connectivity index (χ3n) is 2.45. The molecule has 0 aromatic rings. The number of rotatable bonds is 9. The maximum absolute atomic E-state index is 4.99. The standard InChI is InChI=1S/C12H28N4O/c1-5-13-12(14-8-7-11-17-4)15-9-10-16(3)6-2/h5-11H2,1-4H3,(H2,13,14,15). The van der Waals surface area contributed by atoms with Crippen LogP contribution in [-0.2, 0) is 4.74 Å². The predicted molar refractivity (Wildman–Crippen MR) is 73.6 cm³/mol. The fourth-order valence-electron chi connectivity index (χ4n) is 1.26. The lowest BCUT2D eigenvalue weighted by Gasteiger charge is -2.16. The molecule has 5 nitrogen and oxygen atoms in total. The van der Waals surface area contributed by atoms with Crippen LogP contribution in [0.2, 0.25) is 0 Å². The molecule has 2 N–H and O–H groups in total. The van der Waals surface area contributed by atoms with Gasteiger partial charge in [-0.3, -0.25) is 4.99 Å². The molecule has 0 unspecified atom stereocenters. The molecular formula is C12H28N4O. The number of methoxy groups -OCH3 is 1. The molecule has 0 aliphatic rings. The highest BCUT2D eigenvalue weighted by Gasteiger charge is 1.97. The number of nitrogens with one attached hydrogen (secondary N) is 2. The minimum Gasteiger partial charge on any atom is -0.385 e. The molecule has 0 aliphatic carbocycles. The number of aliphatic imine (C=N–C) groups is 1. The van der Waals surface area contributed by atoms with E-state index in [1.165, 1.54) is 0 Å². The van der Waals surface area contributed by atoms with E-state index in [0.29, 0.717) is 0 Å². The van der Waals surface area contributed by atoms with E-state index in [1.807, 2.05) is 0 Å². The van der Waals surface area contributed by atoms with Crippen molar-refractivity contribution in [3.63, 3.8) is 0 Å². The number of likely N-dealkylation sites (N-methyl/N-ethyl adjacent to an activating group) is 1. The monoisotopic (exact) mass is 244 g/mol. The normalized spacial score (nSPS) is 11.9. The van der Waals surface area contributed by atoms with Gasteiger partial charge in [-0.25, -0.2) is 0 Å². The fraction of sp³-hybridized carbons (Fsp3) is 0.917. The molecule has 0 rings (SSSR count). The lowest BCUT2D eigenvalue weighted by molar-refractivity contribution is 0.197. The van der Waals surface area contributed by atoms with Gasteiger partial charge in [0.15, 0.2) is 5.96 Å². The van der Waals surface area contributed by atoms with Crippen LogP contribution in [0, 0.1) is 0 Å². The number of ether oxygens (including phenoxy) is 1. The van der Waals surface area contributed by atoms with Crippen LogP contribution < -0.4 is 10.6 Å².